The van der Waals surface area contributed by atoms with Crippen molar-refractivity contribution < 1.29 is 9.53 Å². The zero-order valence-corrected chi connectivity index (χ0v) is 21.2. The Bertz CT molecular complexity index is 1180. The zero-order valence-electron chi connectivity index (χ0n) is 21.2. The Morgan fingerprint density at radius 2 is 2.06 bits per heavy atom. The fourth-order valence-electron chi connectivity index (χ4n) is 4.51. The number of anilines is 2. The third-order valence-electron chi connectivity index (χ3n) is 6.47. The fourth-order valence-corrected chi connectivity index (χ4v) is 4.51. The van der Waals surface area contributed by atoms with Gasteiger partial charge in [0.05, 0.1) is 12.8 Å². The Kier molecular flexibility index (Phi) is 7.19. The van der Waals surface area contributed by atoms with E-state index in [0.717, 1.165) is 41.4 Å². The number of hydrogen-bond donors (Lipinski definition) is 1. The molecule has 35 heavy (non-hydrogen) atoms. The molecule has 8 heteroatoms. The van der Waals surface area contributed by atoms with E-state index in [2.05, 4.69) is 17.2 Å². The van der Waals surface area contributed by atoms with Crippen molar-refractivity contribution in [3.05, 3.63) is 71.4 Å². The number of nitrogens with one attached hydrogen (secondary N) is 1. The molecule has 1 saturated heterocycles. The summed E-state index contributed by atoms with van der Waals surface area (Å²) in [6.07, 6.45) is 5.41. The van der Waals surface area contributed by atoms with E-state index in [1.54, 1.807) is 13.3 Å². The molecular weight excluding hydrogens is 440 g/mol. The molecule has 0 spiro atoms. The van der Waals surface area contributed by atoms with Crippen LogP contribution < -0.4 is 15.0 Å². The van der Waals surface area contributed by atoms with E-state index in [-0.39, 0.29) is 11.3 Å². The molecule has 4 rings (SSSR count). The van der Waals surface area contributed by atoms with Gasteiger partial charge >= 0.3 is 0 Å². The van der Waals surface area contributed by atoms with E-state index in [0.29, 0.717) is 30.9 Å². The van der Waals surface area contributed by atoms with Crippen molar-refractivity contribution in [1.82, 2.24) is 19.9 Å². The van der Waals surface area contributed by atoms with Crippen molar-refractivity contribution in [2.75, 3.05) is 44.5 Å². The molecule has 8 nitrogen and oxygen atoms in total. The van der Waals surface area contributed by atoms with Gasteiger partial charge in [0.1, 0.15) is 17.4 Å². The number of piperidine rings is 1. The first kappa shape index (κ1) is 24.4. The van der Waals surface area contributed by atoms with Gasteiger partial charge < -0.3 is 19.9 Å². The summed E-state index contributed by atoms with van der Waals surface area (Å²) in [5, 5.41) is 3.38. The third-order valence-corrected chi connectivity index (χ3v) is 6.47. The van der Waals surface area contributed by atoms with Crippen LogP contribution in [0.4, 0.5) is 11.5 Å². The second-order valence-corrected chi connectivity index (χ2v) is 9.61. The summed E-state index contributed by atoms with van der Waals surface area (Å²) in [4.78, 5) is 31.3. The molecule has 0 bridgehead atoms. The largest absolute Gasteiger partial charge is 0.495 e. The molecule has 3 heterocycles. The van der Waals surface area contributed by atoms with Gasteiger partial charge in [-0.1, -0.05) is 13.0 Å². The van der Waals surface area contributed by atoms with E-state index in [1.807, 2.05) is 73.4 Å². The fraction of sp³-hybridized carbons (Fsp3) is 0.407. The lowest BCUT2D eigenvalue weighted by atomic mass is 9.80. The lowest BCUT2D eigenvalue weighted by molar-refractivity contribution is 0.0644. The maximum atomic E-state index is 13.6. The highest BCUT2D eigenvalue weighted by Gasteiger charge is 2.37. The quantitative estimate of drug-likeness (QED) is 0.553. The predicted octanol–water partition coefficient (Wildman–Crippen LogP) is 4.06. The first-order chi connectivity index (χ1) is 16.8. The van der Waals surface area contributed by atoms with Gasteiger partial charge in [0.15, 0.2) is 0 Å². The lowest BCUT2D eigenvalue weighted by Gasteiger charge is -2.39. The van der Waals surface area contributed by atoms with Crippen LogP contribution in [0.5, 0.6) is 5.75 Å². The maximum absolute atomic E-state index is 13.6. The number of carbonyl (C=O) groups excluding carboxylic acids is 1. The molecule has 1 fully saturated rings. The average Bonchev–Trinajstić information content (AvgIpc) is 2.87. The second-order valence-electron chi connectivity index (χ2n) is 9.61. The Morgan fingerprint density at radius 1 is 1.23 bits per heavy atom. The molecule has 1 atom stereocenters. The Labute approximate surface area is 207 Å². The van der Waals surface area contributed by atoms with Crippen LogP contribution in [0.2, 0.25) is 0 Å². The summed E-state index contributed by atoms with van der Waals surface area (Å²) < 4.78 is 5.52. The van der Waals surface area contributed by atoms with E-state index >= 15 is 0 Å². The molecule has 1 aromatic carbocycles. The number of methoxy groups -OCH3 is 1. The summed E-state index contributed by atoms with van der Waals surface area (Å²) in [6.45, 7) is 6.03. The number of aromatic nitrogens is 3. The number of carbonyl (C=O) groups is 1. The van der Waals surface area contributed by atoms with Gasteiger partial charge in [0.2, 0.25) is 0 Å². The van der Waals surface area contributed by atoms with Crippen molar-refractivity contribution in [2.24, 2.45) is 0 Å². The molecule has 1 aliphatic rings. The predicted molar refractivity (Wildman–Crippen MR) is 138 cm³/mol. The Balaban J connectivity index is 1.55. The van der Waals surface area contributed by atoms with Gasteiger partial charge in [-0.05, 0) is 49.6 Å². The minimum absolute atomic E-state index is 0.00323. The second kappa shape index (κ2) is 10.3. The number of pyridine rings is 1. The topological polar surface area (TPSA) is 83.5 Å². The number of amides is 1. The Hall–Kier alpha value is -3.68. The first-order valence-corrected chi connectivity index (χ1v) is 11.9. The number of rotatable bonds is 7. The molecule has 184 valence electrons. The van der Waals surface area contributed by atoms with Gasteiger partial charge in [-0.15, -0.1) is 0 Å². The highest BCUT2D eigenvalue weighted by Crippen LogP contribution is 2.34. The van der Waals surface area contributed by atoms with Crippen LogP contribution in [0, 0.1) is 6.92 Å². The summed E-state index contributed by atoms with van der Waals surface area (Å²) >= 11 is 0. The van der Waals surface area contributed by atoms with Crippen molar-refractivity contribution in [3.8, 4) is 5.75 Å². The molecule has 1 amide bonds. The minimum Gasteiger partial charge on any atom is -0.495 e. The summed E-state index contributed by atoms with van der Waals surface area (Å²) in [5.41, 5.74) is 3.08. The summed E-state index contributed by atoms with van der Waals surface area (Å²) in [6, 6.07) is 11.4. The number of hydrogen-bond acceptors (Lipinski definition) is 7. The smallest absolute Gasteiger partial charge is 0.253 e. The van der Waals surface area contributed by atoms with Gasteiger partial charge in [-0.3, -0.25) is 9.78 Å². The molecule has 0 radical (unpaired) electrons. The maximum Gasteiger partial charge on any atom is 0.253 e. The van der Waals surface area contributed by atoms with Crippen LogP contribution in [0.25, 0.3) is 0 Å². The number of benzene rings is 1. The van der Waals surface area contributed by atoms with Crippen LogP contribution in [0.1, 0.15) is 47.2 Å². The Morgan fingerprint density at radius 3 is 2.77 bits per heavy atom. The van der Waals surface area contributed by atoms with Crippen molar-refractivity contribution >= 4 is 17.4 Å². The number of likely N-dealkylation sites (tertiary alicyclic amines) is 1. The lowest BCUT2D eigenvalue weighted by Crippen LogP contribution is -2.48. The molecule has 0 saturated carbocycles. The van der Waals surface area contributed by atoms with Crippen molar-refractivity contribution in [2.45, 2.75) is 38.6 Å². The molecule has 1 N–H and O–H groups in total. The van der Waals surface area contributed by atoms with Crippen LogP contribution in [-0.2, 0) is 12.0 Å². The molecule has 3 aromatic rings. The standard InChI is InChI=1S/C27H34N6O2/c1-19-14-24(32(3)4)31-26(30-19)27(2)11-7-13-33(18-27)25(34)21-9-10-23(35-5)22(15-21)29-17-20-8-6-12-28-16-20/h6,8-10,12,14-16,29H,7,11,13,17-18H2,1-5H3/t27-/m1/s1. The first-order valence-electron chi connectivity index (χ1n) is 11.9. The monoisotopic (exact) mass is 474 g/mol. The minimum atomic E-state index is -0.307. The van der Waals surface area contributed by atoms with Gasteiger partial charge in [0.25, 0.3) is 5.91 Å². The van der Waals surface area contributed by atoms with E-state index < -0.39 is 0 Å². The number of aryl methyl sites for hydroxylation is 1. The molecular formula is C27H34N6O2. The molecule has 0 aliphatic carbocycles. The average molecular weight is 475 g/mol. The van der Waals surface area contributed by atoms with E-state index in [4.69, 9.17) is 14.7 Å². The van der Waals surface area contributed by atoms with Crippen molar-refractivity contribution in [1.29, 1.82) is 0 Å². The summed E-state index contributed by atoms with van der Waals surface area (Å²) in [5.74, 6) is 2.38. The van der Waals surface area contributed by atoms with Crippen LogP contribution in [-0.4, -0.2) is 60.1 Å². The number of ether oxygens (including phenoxy) is 1. The van der Waals surface area contributed by atoms with Gasteiger partial charge in [-0.25, -0.2) is 9.97 Å². The molecule has 2 aromatic heterocycles. The normalized spacial score (nSPS) is 17.7. The number of nitrogens with zero attached hydrogens (tertiary/aromatic N) is 5. The van der Waals surface area contributed by atoms with E-state index in [9.17, 15) is 4.79 Å². The third kappa shape index (κ3) is 5.53. The highest BCUT2D eigenvalue weighted by molar-refractivity contribution is 5.95. The van der Waals surface area contributed by atoms with Crippen LogP contribution >= 0.6 is 0 Å². The van der Waals surface area contributed by atoms with Crippen molar-refractivity contribution in [3.63, 3.8) is 0 Å². The SMILES string of the molecule is COc1ccc(C(=O)N2CCC[C@@](C)(c3nc(C)cc(N(C)C)n3)C2)cc1NCc1cccnc1. The summed E-state index contributed by atoms with van der Waals surface area (Å²) in [7, 11) is 5.59. The molecule has 0 unspecified atom stereocenters. The van der Waals surface area contributed by atoms with Crippen LogP contribution in [0.3, 0.4) is 0 Å². The van der Waals surface area contributed by atoms with Gasteiger partial charge in [-0.2, -0.15) is 0 Å². The van der Waals surface area contributed by atoms with E-state index in [1.165, 1.54) is 0 Å². The van der Waals surface area contributed by atoms with Gasteiger partial charge in [0, 0.05) is 68.9 Å². The van der Waals surface area contributed by atoms with Crippen LogP contribution in [0.15, 0.2) is 48.8 Å². The highest BCUT2D eigenvalue weighted by atomic mass is 16.5. The zero-order chi connectivity index (χ0) is 25.0. The molecule has 1 aliphatic heterocycles.